The fourth-order valence-corrected chi connectivity index (χ4v) is 0.487. The third-order valence-electron chi connectivity index (χ3n) is 1.26. The summed E-state index contributed by atoms with van der Waals surface area (Å²) in [7, 11) is 7.72. The number of quaternary nitrogens is 1. The Labute approximate surface area is 85.4 Å². The number of carbonyl (C=O) groups excluding carboxylic acids is 1. The second-order valence-electron chi connectivity index (χ2n) is 3.54. The minimum absolute atomic E-state index is 0. The third kappa shape index (κ3) is 11.5. The summed E-state index contributed by atoms with van der Waals surface area (Å²) in [5.74, 6) is 0. The van der Waals surface area contributed by atoms with Gasteiger partial charge >= 0.3 is 6.03 Å². The van der Waals surface area contributed by atoms with E-state index in [2.05, 4.69) is 31.9 Å². The zero-order chi connectivity index (χ0) is 9.61. The standard InChI is InChI=1S/C7H17N3O2.ClH/c1-8-7(11)9-12-6-5-10(2,3)4;/h5-6H2,1-4H3,(H-,8,9,11);1H. The van der Waals surface area contributed by atoms with Crippen molar-refractivity contribution in [3.05, 3.63) is 0 Å². The van der Waals surface area contributed by atoms with E-state index in [1.165, 1.54) is 0 Å². The molecule has 2 amide bonds. The van der Waals surface area contributed by atoms with Crippen LogP contribution in [0.3, 0.4) is 0 Å². The molecule has 6 heteroatoms. The molecule has 0 aliphatic carbocycles. The van der Waals surface area contributed by atoms with Crippen LogP contribution in [0.4, 0.5) is 4.79 Å². The highest BCUT2D eigenvalue weighted by Crippen LogP contribution is 1.87. The average molecular weight is 212 g/mol. The zero-order valence-corrected chi connectivity index (χ0v) is 9.31. The van der Waals surface area contributed by atoms with Crippen LogP contribution >= 0.6 is 0 Å². The minimum Gasteiger partial charge on any atom is -1.00 e. The van der Waals surface area contributed by atoms with Crippen LogP contribution in [0.2, 0.25) is 0 Å². The van der Waals surface area contributed by atoms with Gasteiger partial charge in [-0.05, 0) is 0 Å². The van der Waals surface area contributed by atoms with Gasteiger partial charge in [0.1, 0.15) is 13.2 Å². The molecule has 2 N–H and O–H groups in total. The van der Waals surface area contributed by atoms with Crippen molar-refractivity contribution in [1.82, 2.24) is 10.8 Å². The van der Waals surface area contributed by atoms with Gasteiger partial charge in [-0.15, -0.1) is 0 Å². The SMILES string of the molecule is CNC(=O)NOCC[N+](C)(C)C.[Cl-]. The summed E-state index contributed by atoms with van der Waals surface area (Å²) < 4.78 is 0.815. The number of urea groups is 1. The highest BCUT2D eigenvalue weighted by atomic mass is 35.5. The second-order valence-corrected chi connectivity index (χ2v) is 3.54. The van der Waals surface area contributed by atoms with Crippen molar-refractivity contribution in [3.63, 3.8) is 0 Å². The summed E-state index contributed by atoms with van der Waals surface area (Å²) in [6.07, 6.45) is 0. The topological polar surface area (TPSA) is 50.4 Å². The molecule has 0 saturated carbocycles. The Bertz CT molecular complexity index is 147. The first-order valence-electron chi connectivity index (χ1n) is 3.85. The molecule has 5 nitrogen and oxygen atoms in total. The van der Waals surface area contributed by atoms with Crippen LogP contribution in [0.25, 0.3) is 0 Å². The summed E-state index contributed by atoms with van der Waals surface area (Å²) in [6, 6.07) is -0.323. The van der Waals surface area contributed by atoms with Crippen molar-refractivity contribution in [1.29, 1.82) is 0 Å². The Morgan fingerprint density at radius 1 is 1.38 bits per heavy atom. The lowest BCUT2D eigenvalue weighted by molar-refractivity contribution is -0.870. The van der Waals surface area contributed by atoms with E-state index in [0.717, 1.165) is 11.0 Å². The maximum absolute atomic E-state index is 10.6. The van der Waals surface area contributed by atoms with Crippen molar-refractivity contribution < 1.29 is 26.5 Å². The molecule has 0 heterocycles. The number of rotatable bonds is 4. The summed E-state index contributed by atoms with van der Waals surface area (Å²) in [6.45, 7) is 1.36. The third-order valence-corrected chi connectivity index (χ3v) is 1.26. The highest BCUT2D eigenvalue weighted by Gasteiger charge is 2.06. The molecule has 13 heavy (non-hydrogen) atoms. The molecule has 0 spiro atoms. The highest BCUT2D eigenvalue weighted by molar-refractivity contribution is 5.72. The quantitative estimate of drug-likeness (QED) is 0.289. The number of nitrogens with one attached hydrogen (secondary N) is 2. The number of hydrogen-bond donors (Lipinski definition) is 2. The van der Waals surface area contributed by atoms with Crippen molar-refractivity contribution in [2.75, 3.05) is 41.3 Å². The fraction of sp³-hybridized carbons (Fsp3) is 0.857. The molecule has 0 rings (SSSR count). The lowest BCUT2D eigenvalue weighted by atomic mass is 10.5. The number of likely N-dealkylation sites (N-methyl/N-ethyl adjacent to an activating group) is 1. The van der Waals surface area contributed by atoms with E-state index in [1.807, 2.05) is 0 Å². The number of hydroxylamine groups is 1. The smallest absolute Gasteiger partial charge is 0.338 e. The minimum atomic E-state index is -0.323. The Morgan fingerprint density at radius 2 is 1.92 bits per heavy atom. The van der Waals surface area contributed by atoms with Crippen LogP contribution in [0, 0.1) is 0 Å². The van der Waals surface area contributed by atoms with Crippen LogP contribution in [0.15, 0.2) is 0 Å². The average Bonchev–Trinajstić information content (AvgIpc) is 1.96. The zero-order valence-electron chi connectivity index (χ0n) is 8.56. The van der Waals surface area contributed by atoms with Gasteiger partial charge in [-0.25, -0.2) is 10.3 Å². The molecule has 0 radical (unpaired) electrons. The molecule has 0 aromatic heterocycles. The number of nitrogens with zero attached hydrogens (tertiary/aromatic N) is 1. The number of amides is 2. The van der Waals surface area contributed by atoms with E-state index < -0.39 is 0 Å². The molecule has 0 aliphatic rings. The van der Waals surface area contributed by atoms with Crippen LogP contribution in [0.1, 0.15) is 0 Å². The summed E-state index contributed by atoms with van der Waals surface area (Å²) in [4.78, 5) is 15.5. The predicted octanol–water partition coefficient (Wildman–Crippen LogP) is -3.44. The Kier molecular flexibility index (Phi) is 7.99. The van der Waals surface area contributed by atoms with Gasteiger partial charge in [0, 0.05) is 7.05 Å². The molecular formula is C7H18ClN3O2. The van der Waals surface area contributed by atoms with Gasteiger partial charge in [-0.1, -0.05) is 0 Å². The van der Waals surface area contributed by atoms with Crippen molar-refractivity contribution >= 4 is 6.03 Å². The van der Waals surface area contributed by atoms with E-state index in [4.69, 9.17) is 4.84 Å². The molecule has 0 saturated heterocycles. The number of carbonyl (C=O) groups is 1. The van der Waals surface area contributed by atoms with E-state index in [1.54, 1.807) is 7.05 Å². The van der Waals surface area contributed by atoms with Crippen LogP contribution < -0.4 is 23.2 Å². The van der Waals surface area contributed by atoms with E-state index >= 15 is 0 Å². The molecule has 0 aromatic rings. The number of hydrogen-bond acceptors (Lipinski definition) is 2. The Balaban J connectivity index is 0. The largest absolute Gasteiger partial charge is 1.00 e. The first kappa shape index (κ1) is 15.0. The molecule has 0 aliphatic heterocycles. The lowest BCUT2D eigenvalue weighted by Gasteiger charge is -2.23. The van der Waals surface area contributed by atoms with Gasteiger partial charge in [-0.2, -0.15) is 0 Å². The molecule has 0 bridgehead atoms. The molecule has 80 valence electrons. The van der Waals surface area contributed by atoms with Crippen molar-refractivity contribution in [3.8, 4) is 0 Å². The van der Waals surface area contributed by atoms with Crippen molar-refractivity contribution in [2.45, 2.75) is 0 Å². The second kappa shape index (κ2) is 6.94. The number of halogens is 1. The molecule has 0 unspecified atom stereocenters. The van der Waals surface area contributed by atoms with Crippen LogP contribution in [0.5, 0.6) is 0 Å². The normalized spacial score (nSPS) is 10.2. The molecule has 0 atom stereocenters. The molecular weight excluding hydrogens is 194 g/mol. The summed E-state index contributed by atoms with van der Waals surface area (Å²) in [5.41, 5.74) is 2.24. The first-order chi connectivity index (χ1) is 5.45. The molecule has 0 aromatic carbocycles. The van der Waals surface area contributed by atoms with E-state index in [0.29, 0.717) is 6.61 Å². The Morgan fingerprint density at radius 3 is 2.31 bits per heavy atom. The van der Waals surface area contributed by atoms with Gasteiger partial charge in [0.15, 0.2) is 0 Å². The summed E-state index contributed by atoms with van der Waals surface area (Å²) >= 11 is 0. The summed E-state index contributed by atoms with van der Waals surface area (Å²) in [5, 5.41) is 2.38. The lowest BCUT2D eigenvalue weighted by Crippen LogP contribution is -3.00. The predicted molar refractivity (Wildman–Crippen MR) is 46.4 cm³/mol. The maximum atomic E-state index is 10.6. The van der Waals surface area contributed by atoms with Gasteiger partial charge < -0.3 is 22.2 Å². The van der Waals surface area contributed by atoms with E-state index in [9.17, 15) is 4.79 Å². The Hall–Kier alpha value is -0.520. The van der Waals surface area contributed by atoms with Crippen LogP contribution in [-0.2, 0) is 4.84 Å². The van der Waals surface area contributed by atoms with Crippen LogP contribution in [-0.4, -0.2) is 51.9 Å². The van der Waals surface area contributed by atoms with E-state index in [-0.39, 0.29) is 18.4 Å². The molecule has 0 fully saturated rings. The van der Waals surface area contributed by atoms with Gasteiger partial charge in [0.25, 0.3) is 0 Å². The van der Waals surface area contributed by atoms with Gasteiger partial charge in [0.2, 0.25) is 0 Å². The monoisotopic (exact) mass is 211 g/mol. The fourth-order valence-electron chi connectivity index (χ4n) is 0.487. The maximum Gasteiger partial charge on any atom is 0.338 e. The van der Waals surface area contributed by atoms with Gasteiger partial charge in [0.05, 0.1) is 21.1 Å². The van der Waals surface area contributed by atoms with Gasteiger partial charge in [-0.3, -0.25) is 4.84 Å². The van der Waals surface area contributed by atoms with Crippen molar-refractivity contribution in [2.24, 2.45) is 0 Å². The first-order valence-corrected chi connectivity index (χ1v) is 3.85.